The number of aliphatic hydroxyl groups is 1. The summed E-state index contributed by atoms with van der Waals surface area (Å²) in [5.74, 6) is 0.547. The van der Waals surface area contributed by atoms with E-state index in [1.54, 1.807) is 24.5 Å². The number of benzene rings is 1. The molecular formula is C16H16BN3OS. The number of hydrogen-bond donors (Lipinski definition) is 2. The van der Waals surface area contributed by atoms with Crippen LogP contribution in [0.5, 0.6) is 0 Å². The summed E-state index contributed by atoms with van der Waals surface area (Å²) >= 11 is 1.71. The molecule has 1 aromatic carbocycles. The van der Waals surface area contributed by atoms with Crippen LogP contribution in [0.15, 0.2) is 48.7 Å². The molecule has 0 saturated heterocycles. The molecule has 2 aromatic heterocycles. The van der Waals surface area contributed by atoms with Gasteiger partial charge in [0.1, 0.15) is 0 Å². The molecule has 1 unspecified atom stereocenters. The van der Waals surface area contributed by atoms with E-state index in [0.29, 0.717) is 5.95 Å². The predicted molar refractivity (Wildman–Crippen MR) is 93.9 cm³/mol. The molecule has 0 amide bonds. The topological polar surface area (TPSA) is 58.0 Å². The van der Waals surface area contributed by atoms with E-state index in [1.807, 2.05) is 30.3 Å². The van der Waals surface area contributed by atoms with Gasteiger partial charge in [-0.05, 0) is 41.5 Å². The quantitative estimate of drug-likeness (QED) is 0.726. The molecule has 110 valence electrons. The van der Waals surface area contributed by atoms with Crippen molar-refractivity contribution in [2.24, 2.45) is 0 Å². The highest BCUT2D eigenvalue weighted by Crippen LogP contribution is 2.23. The minimum atomic E-state index is -0.497. The third-order valence-corrected chi connectivity index (χ3v) is 4.30. The third kappa shape index (κ3) is 3.35. The van der Waals surface area contributed by atoms with Gasteiger partial charge in [-0.1, -0.05) is 18.2 Å². The number of nitrogens with zero attached hydrogens (tertiary/aromatic N) is 2. The molecule has 0 aliphatic rings. The van der Waals surface area contributed by atoms with E-state index in [9.17, 15) is 5.11 Å². The first-order valence-corrected chi connectivity index (χ1v) is 7.88. The van der Waals surface area contributed by atoms with Crippen molar-refractivity contribution in [2.75, 3.05) is 5.32 Å². The zero-order valence-corrected chi connectivity index (χ0v) is 13.3. The molecule has 0 spiro atoms. The van der Waals surface area contributed by atoms with Gasteiger partial charge in [0, 0.05) is 11.9 Å². The maximum atomic E-state index is 9.65. The van der Waals surface area contributed by atoms with E-state index in [-0.39, 0.29) is 0 Å². The Bertz CT molecular complexity index is 788. The third-order valence-electron chi connectivity index (χ3n) is 3.27. The van der Waals surface area contributed by atoms with Crippen molar-refractivity contribution < 1.29 is 5.11 Å². The Labute approximate surface area is 134 Å². The molecule has 3 aromatic rings. The lowest BCUT2D eigenvalue weighted by molar-refractivity contribution is 0.199. The van der Waals surface area contributed by atoms with E-state index >= 15 is 0 Å². The molecule has 22 heavy (non-hydrogen) atoms. The molecule has 4 nitrogen and oxygen atoms in total. The van der Waals surface area contributed by atoms with E-state index in [0.717, 1.165) is 21.8 Å². The van der Waals surface area contributed by atoms with Crippen LogP contribution >= 0.6 is 11.3 Å². The van der Waals surface area contributed by atoms with E-state index in [4.69, 9.17) is 0 Å². The lowest BCUT2D eigenvalue weighted by atomic mass is 10.1. The van der Waals surface area contributed by atoms with Crippen molar-refractivity contribution in [3.05, 3.63) is 54.2 Å². The fourth-order valence-electron chi connectivity index (χ4n) is 2.13. The summed E-state index contributed by atoms with van der Waals surface area (Å²) in [4.78, 5) is 9.94. The Morgan fingerprint density at radius 1 is 1.23 bits per heavy atom. The van der Waals surface area contributed by atoms with Gasteiger partial charge >= 0.3 is 0 Å². The molecule has 1 atom stereocenters. The monoisotopic (exact) mass is 309 g/mol. The van der Waals surface area contributed by atoms with Gasteiger partial charge in [0.25, 0.3) is 0 Å². The largest absolute Gasteiger partial charge is 0.389 e. The van der Waals surface area contributed by atoms with Crippen molar-refractivity contribution in [3.63, 3.8) is 0 Å². The molecule has 6 heteroatoms. The number of hydrogen-bond acceptors (Lipinski definition) is 5. The Balaban J connectivity index is 1.85. The molecule has 2 heterocycles. The molecule has 0 fully saturated rings. The van der Waals surface area contributed by atoms with Crippen LogP contribution in [-0.2, 0) is 0 Å². The van der Waals surface area contributed by atoms with Crippen molar-refractivity contribution in [1.82, 2.24) is 9.97 Å². The van der Waals surface area contributed by atoms with Gasteiger partial charge in [-0.3, -0.25) is 0 Å². The van der Waals surface area contributed by atoms with Gasteiger partial charge in [0.05, 0.1) is 16.7 Å². The van der Waals surface area contributed by atoms with Gasteiger partial charge in [-0.25, -0.2) is 9.97 Å². The Morgan fingerprint density at radius 3 is 2.82 bits per heavy atom. The summed E-state index contributed by atoms with van der Waals surface area (Å²) in [7, 11) is 2.08. The van der Waals surface area contributed by atoms with Crippen LogP contribution in [0.4, 0.5) is 11.6 Å². The minimum Gasteiger partial charge on any atom is -0.389 e. The van der Waals surface area contributed by atoms with Crippen LogP contribution in [0.1, 0.15) is 18.6 Å². The zero-order chi connectivity index (χ0) is 15.5. The van der Waals surface area contributed by atoms with E-state index in [1.165, 1.54) is 4.78 Å². The zero-order valence-electron chi connectivity index (χ0n) is 12.4. The molecule has 3 rings (SSSR count). The molecule has 0 radical (unpaired) electrons. The molecular weight excluding hydrogens is 293 g/mol. The lowest BCUT2D eigenvalue weighted by Crippen LogP contribution is -1.99. The van der Waals surface area contributed by atoms with Crippen molar-refractivity contribution in [2.45, 2.75) is 13.0 Å². The van der Waals surface area contributed by atoms with Gasteiger partial charge in [-0.15, -0.1) is 11.3 Å². The highest BCUT2D eigenvalue weighted by Gasteiger charge is 2.06. The molecule has 0 aliphatic heterocycles. The van der Waals surface area contributed by atoms with Crippen LogP contribution < -0.4 is 10.1 Å². The normalized spacial score (nSPS) is 12.1. The second kappa shape index (κ2) is 6.29. The average molecular weight is 309 g/mol. The van der Waals surface area contributed by atoms with Gasteiger partial charge in [0.2, 0.25) is 5.95 Å². The second-order valence-electron chi connectivity index (χ2n) is 5.10. The summed E-state index contributed by atoms with van der Waals surface area (Å²) in [5, 5.41) is 12.8. The highest BCUT2D eigenvalue weighted by atomic mass is 32.1. The number of anilines is 2. The Hall–Kier alpha value is -2.18. The standard InChI is InChI=1S/C16H16BN3OS/c1-10(21)11-3-2-4-12(9-11)19-16-18-8-7-13(20-16)14-5-6-15(17)22-14/h2-10,21H,17H2,1H3,(H,18,19,20). The van der Waals surface area contributed by atoms with Crippen LogP contribution in [0.25, 0.3) is 10.6 Å². The first-order chi connectivity index (χ1) is 10.6. The fourth-order valence-corrected chi connectivity index (χ4v) is 2.97. The van der Waals surface area contributed by atoms with Gasteiger partial charge < -0.3 is 10.4 Å². The van der Waals surface area contributed by atoms with Crippen molar-refractivity contribution >= 4 is 35.6 Å². The summed E-state index contributed by atoms with van der Waals surface area (Å²) in [6.07, 6.45) is 1.25. The van der Waals surface area contributed by atoms with Crippen LogP contribution in [0, 0.1) is 0 Å². The average Bonchev–Trinajstić information content (AvgIpc) is 2.94. The first-order valence-electron chi connectivity index (χ1n) is 7.07. The van der Waals surface area contributed by atoms with Crippen molar-refractivity contribution in [1.29, 1.82) is 0 Å². The smallest absolute Gasteiger partial charge is 0.227 e. The first kappa shape index (κ1) is 14.7. The van der Waals surface area contributed by atoms with Gasteiger partial charge in [0.15, 0.2) is 7.85 Å². The summed E-state index contributed by atoms with van der Waals surface area (Å²) in [6, 6.07) is 13.7. The maximum absolute atomic E-state index is 9.65. The van der Waals surface area contributed by atoms with E-state index in [2.05, 4.69) is 35.3 Å². The highest BCUT2D eigenvalue weighted by molar-refractivity contribution is 7.23. The summed E-state index contributed by atoms with van der Waals surface area (Å²) in [5.41, 5.74) is 2.62. The number of thiophene rings is 1. The van der Waals surface area contributed by atoms with Crippen LogP contribution in [0.3, 0.4) is 0 Å². The van der Waals surface area contributed by atoms with Crippen LogP contribution in [0.2, 0.25) is 0 Å². The Morgan fingerprint density at radius 2 is 2.09 bits per heavy atom. The van der Waals surface area contributed by atoms with Crippen molar-refractivity contribution in [3.8, 4) is 10.6 Å². The Kier molecular flexibility index (Phi) is 4.22. The second-order valence-corrected chi connectivity index (χ2v) is 6.39. The number of rotatable bonds is 4. The summed E-state index contributed by atoms with van der Waals surface area (Å²) < 4.78 is 1.26. The van der Waals surface area contributed by atoms with Crippen LogP contribution in [-0.4, -0.2) is 22.9 Å². The number of aliphatic hydroxyl groups excluding tert-OH is 1. The lowest BCUT2D eigenvalue weighted by Gasteiger charge is -2.09. The number of nitrogens with one attached hydrogen (secondary N) is 1. The predicted octanol–water partition coefficient (Wildman–Crippen LogP) is 2.26. The number of aromatic nitrogens is 2. The minimum absolute atomic E-state index is 0.497. The molecule has 0 bridgehead atoms. The summed E-state index contributed by atoms with van der Waals surface area (Å²) in [6.45, 7) is 1.75. The SMILES string of the molecule is Bc1ccc(-c2ccnc(Nc3cccc(C(C)O)c3)n2)s1. The van der Waals surface area contributed by atoms with E-state index < -0.39 is 6.10 Å². The molecule has 0 aliphatic carbocycles. The maximum Gasteiger partial charge on any atom is 0.227 e. The fraction of sp³-hybridized carbons (Fsp3) is 0.125. The molecule has 2 N–H and O–H groups in total. The van der Waals surface area contributed by atoms with Gasteiger partial charge in [-0.2, -0.15) is 0 Å². The molecule has 0 saturated carbocycles.